The first-order valence-electron chi connectivity index (χ1n) is 16.0. The molecule has 0 aromatic carbocycles. The third-order valence-electron chi connectivity index (χ3n) is 6.95. The number of nitrogens with one attached hydrogen (secondary N) is 9. The molecule has 0 bridgehead atoms. The summed E-state index contributed by atoms with van der Waals surface area (Å²) in [5.74, 6) is -4.65. The van der Waals surface area contributed by atoms with E-state index in [2.05, 4.69) is 53.3 Å². The van der Waals surface area contributed by atoms with Crippen molar-refractivity contribution in [2.75, 3.05) is 26.2 Å². The van der Waals surface area contributed by atoms with Gasteiger partial charge in [0, 0.05) is 31.6 Å². The van der Waals surface area contributed by atoms with Crippen LogP contribution in [0.5, 0.6) is 0 Å². The normalized spacial score (nSPS) is 23.9. The number of amides is 8. The van der Waals surface area contributed by atoms with Crippen LogP contribution >= 0.6 is 0 Å². The van der Waals surface area contributed by atoms with Crippen LogP contribution in [-0.2, 0) is 58.7 Å². The number of urea groups is 1. The zero-order chi connectivity index (χ0) is 43.4. The molecule has 2 radical (unpaired) electrons. The molecule has 2 aliphatic heterocycles. The van der Waals surface area contributed by atoms with E-state index in [1.54, 1.807) is 0 Å². The molecule has 0 saturated carbocycles. The maximum absolute atomic E-state index is 13.5. The van der Waals surface area contributed by atoms with E-state index in [9.17, 15) is 33.6 Å². The number of guanidine groups is 1. The largest absolute Gasteiger partial charge is 0.425 e. The van der Waals surface area contributed by atoms with Gasteiger partial charge in [-0.2, -0.15) is 16.8 Å². The molecule has 318 valence electrons. The first-order valence-corrected chi connectivity index (χ1v) is 18.8. The van der Waals surface area contributed by atoms with Gasteiger partial charge < -0.3 is 60.2 Å². The SMILES string of the molecule is C[C@@H]1NC(=O)[C@H]([NH3+])CNC(=O)[C@H]([C@@H]2CC[NH+]=C(N)N2)NC(=O)/C(=C/NC(N)=O)NC(=O)C(CNC(=O)C[C@@H](N)CCCN)NC1=O.[O]S(=O)(=O)O.[O]S(=O)(=O)O. The second-order valence-electron chi connectivity index (χ2n) is 11.7. The van der Waals surface area contributed by atoms with Crippen molar-refractivity contribution in [1.82, 2.24) is 42.5 Å². The average molecular weight is 849 g/mol. The Morgan fingerprint density at radius 1 is 0.982 bits per heavy atom. The number of rotatable bonds is 9. The van der Waals surface area contributed by atoms with Gasteiger partial charge in [-0.15, -0.1) is 0 Å². The molecule has 1 unspecified atom stereocenters. The van der Waals surface area contributed by atoms with Crippen LogP contribution in [0.1, 0.15) is 32.6 Å². The first kappa shape index (κ1) is 50.7. The number of hydrogen-bond donors (Lipinski definition) is 16. The van der Waals surface area contributed by atoms with Crippen LogP contribution in [-0.4, -0.2) is 136 Å². The standard InChI is InChI=1S/C25H44N14O7.2HO4S/c1-11-19(41)36-15(9-32-17(40)7-12(27)3-2-5-26)21(43)37-16(10-34-25(30)46)22(44)39-18(14-4-6-31-24(29)38-14)23(45)33-8-13(28)20(42)35-11;2*1-5(2,3)4/h10-15,18H,2-9,26-28H2,1H3,(H,32,40)(H,33,45)(H,35,42)(H,36,41)(H,37,43)(H,39,44)(H3,29,31,38)(H3,30,34,46);2*(H,1,2,3)/p+2/b16-10-;;/t11-,12-,13+,14-,15?,18-;;/m0../s1. The van der Waals surface area contributed by atoms with Gasteiger partial charge in [-0.25, -0.2) is 4.79 Å². The van der Waals surface area contributed by atoms with E-state index in [-0.39, 0.29) is 18.9 Å². The van der Waals surface area contributed by atoms with Crippen molar-refractivity contribution in [3.05, 3.63) is 11.9 Å². The summed E-state index contributed by atoms with van der Waals surface area (Å²) >= 11 is 0. The van der Waals surface area contributed by atoms with E-state index in [4.69, 9.17) is 58.0 Å². The van der Waals surface area contributed by atoms with Crippen molar-refractivity contribution in [2.45, 2.75) is 68.9 Å². The molecule has 1 fully saturated rings. The van der Waals surface area contributed by atoms with E-state index >= 15 is 0 Å². The molecule has 0 aliphatic carbocycles. The lowest BCUT2D eigenvalue weighted by Gasteiger charge is -2.28. The molecule has 0 aromatic heterocycles. The lowest BCUT2D eigenvalue weighted by atomic mass is 10.0. The highest BCUT2D eigenvalue weighted by Gasteiger charge is 2.37. The van der Waals surface area contributed by atoms with E-state index in [1.165, 1.54) is 6.92 Å². The fourth-order valence-electron chi connectivity index (χ4n) is 4.36. The second-order valence-corrected chi connectivity index (χ2v) is 13.4. The second kappa shape index (κ2) is 24.3. The third kappa shape index (κ3) is 24.2. The minimum absolute atomic E-state index is 0.0914. The van der Waals surface area contributed by atoms with Gasteiger partial charge in [0.15, 0.2) is 6.04 Å². The van der Waals surface area contributed by atoms with Gasteiger partial charge >= 0.3 is 32.8 Å². The predicted molar refractivity (Wildman–Crippen MR) is 185 cm³/mol. The lowest BCUT2D eigenvalue weighted by molar-refractivity contribution is -0.467. The maximum Gasteiger partial charge on any atom is 0.425 e. The van der Waals surface area contributed by atoms with Crippen LogP contribution in [0, 0.1) is 0 Å². The average Bonchev–Trinajstić information content (AvgIpc) is 3.06. The molecular weight excluding hydrogens is 800 g/mol. The Morgan fingerprint density at radius 2 is 1.57 bits per heavy atom. The zero-order valence-corrected chi connectivity index (χ0v) is 31.4. The smallest absolute Gasteiger partial charge is 0.353 e. The molecule has 56 heavy (non-hydrogen) atoms. The van der Waals surface area contributed by atoms with Gasteiger partial charge in [-0.05, 0) is 26.3 Å². The summed E-state index contributed by atoms with van der Waals surface area (Å²) in [6, 6.07) is -7.35. The Bertz CT molecular complexity index is 1650. The molecule has 2 aliphatic rings. The highest BCUT2D eigenvalue weighted by molar-refractivity contribution is 7.79. The summed E-state index contributed by atoms with van der Waals surface area (Å²) in [4.78, 5) is 92.7. The molecule has 0 aromatic rings. The van der Waals surface area contributed by atoms with Crippen LogP contribution in [0.4, 0.5) is 4.79 Å². The number of quaternary nitrogens is 1. The molecule has 0 spiro atoms. The maximum atomic E-state index is 13.5. The Hall–Kier alpha value is -5.28. The fraction of sp³-hybridized carbons (Fsp3) is 0.600. The molecule has 29 nitrogen and oxygen atoms in total. The Morgan fingerprint density at radius 3 is 2.11 bits per heavy atom. The van der Waals surface area contributed by atoms with E-state index in [1.807, 2.05) is 0 Å². The first-order chi connectivity index (χ1) is 25.7. The van der Waals surface area contributed by atoms with Crippen LogP contribution < -0.4 is 76.2 Å². The molecule has 1 saturated heterocycles. The number of primary amides is 1. The molecule has 8 amide bonds. The number of carbonyl (C=O) groups excluding carboxylic acids is 7. The molecule has 2 rings (SSSR count). The van der Waals surface area contributed by atoms with Crippen LogP contribution in [0.3, 0.4) is 0 Å². The molecule has 31 heteroatoms. The summed E-state index contributed by atoms with van der Waals surface area (Å²) in [5, 5.41) is 19.7. The molecular formula is C25H48N14O15S2+2. The van der Waals surface area contributed by atoms with Crippen molar-refractivity contribution >= 4 is 68.2 Å². The van der Waals surface area contributed by atoms with E-state index in [0.717, 1.165) is 6.20 Å². The minimum atomic E-state index is -4.92. The van der Waals surface area contributed by atoms with Crippen molar-refractivity contribution in [3.8, 4) is 0 Å². The Balaban J connectivity index is 0.00000267. The number of hydrogen-bond acceptors (Lipinski definition) is 15. The quantitative estimate of drug-likeness (QED) is 0.0756. The van der Waals surface area contributed by atoms with Gasteiger partial charge in [0.1, 0.15) is 29.9 Å². The van der Waals surface area contributed by atoms with Crippen LogP contribution in [0.25, 0.3) is 0 Å². The van der Waals surface area contributed by atoms with Gasteiger partial charge in [0.25, 0.3) is 11.8 Å². The van der Waals surface area contributed by atoms with Gasteiger partial charge in [-0.1, -0.05) is 9.11 Å². The van der Waals surface area contributed by atoms with Crippen molar-refractivity contribution in [2.24, 2.45) is 22.9 Å². The highest BCUT2D eigenvalue weighted by Crippen LogP contribution is 2.04. The molecule has 2 heterocycles. The monoisotopic (exact) mass is 848 g/mol. The molecule has 6 atom stereocenters. The topological polar surface area (TPSA) is 510 Å². The number of nitrogens with two attached hydrogens (primary N) is 4. The van der Waals surface area contributed by atoms with Gasteiger partial charge in [0.05, 0.1) is 13.1 Å². The van der Waals surface area contributed by atoms with Gasteiger partial charge in [-0.3, -0.25) is 53.9 Å². The zero-order valence-electron chi connectivity index (χ0n) is 29.7. The minimum Gasteiger partial charge on any atom is -0.353 e. The number of carbonyl (C=O) groups is 7. The van der Waals surface area contributed by atoms with Gasteiger partial charge in [0.2, 0.25) is 23.6 Å². The summed E-state index contributed by atoms with van der Waals surface area (Å²) in [6.45, 7) is 1.39. The van der Waals surface area contributed by atoms with Crippen molar-refractivity contribution in [1.29, 1.82) is 0 Å². The summed E-state index contributed by atoms with van der Waals surface area (Å²) in [7, 11) is -9.83. The van der Waals surface area contributed by atoms with E-state index in [0.29, 0.717) is 32.4 Å². The van der Waals surface area contributed by atoms with Crippen LogP contribution in [0.15, 0.2) is 11.9 Å². The van der Waals surface area contributed by atoms with E-state index < -0.39 is 111 Å². The third-order valence-corrected chi connectivity index (χ3v) is 6.95. The lowest BCUT2D eigenvalue weighted by Crippen LogP contribution is -2.84. The Kier molecular flexibility index (Phi) is 22.0. The fourth-order valence-corrected chi connectivity index (χ4v) is 4.36. The van der Waals surface area contributed by atoms with Crippen molar-refractivity contribution < 1.29 is 79.3 Å². The highest BCUT2D eigenvalue weighted by atomic mass is 32.3. The predicted octanol–water partition coefficient (Wildman–Crippen LogP) is -11.4. The summed E-state index contributed by atoms with van der Waals surface area (Å²) < 4.78 is 65.7. The van der Waals surface area contributed by atoms with Crippen molar-refractivity contribution in [3.63, 3.8) is 0 Å². The van der Waals surface area contributed by atoms with Crippen LogP contribution in [0.2, 0.25) is 0 Å². The Labute approximate surface area is 319 Å². The summed E-state index contributed by atoms with van der Waals surface area (Å²) in [5.41, 5.74) is 25.6. The summed E-state index contributed by atoms with van der Waals surface area (Å²) in [6.07, 6.45) is 2.12. The molecule has 22 N–H and O–H groups in total.